The zero-order valence-electron chi connectivity index (χ0n) is 12.2. The van der Waals surface area contributed by atoms with Gasteiger partial charge in [0.2, 0.25) is 0 Å². The van der Waals surface area contributed by atoms with Crippen LogP contribution >= 0.6 is 0 Å². The summed E-state index contributed by atoms with van der Waals surface area (Å²) in [6.45, 7) is 1.44. The Morgan fingerprint density at radius 3 is 2.59 bits per heavy atom. The van der Waals surface area contributed by atoms with Gasteiger partial charge in [0.15, 0.2) is 0 Å². The van der Waals surface area contributed by atoms with Crippen LogP contribution in [0, 0.1) is 0 Å². The third-order valence-corrected chi connectivity index (χ3v) is 3.68. The molecule has 1 aromatic carbocycles. The highest BCUT2D eigenvalue weighted by Crippen LogP contribution is 2.39. The van der Waals surface area contributed by atoms with Crippen molar-refractivity contribution in [1.29, 1.82) is 0 Å². The van der Waals surface area contributed by atoms with E-state index in [1.807, 2.05) is 30.3 Å². The number of aromatic nitrogens is 2. The standard InChI is InChI=1S/C16H17N3O3/c1-10(16(21)22)17-15(20)14-9-13(11-7-8-11)18-19(14)12-5-3-2-4-6-12/h2-6,9-11H,7-8H2,1H3,(H,17,20)(H,21,22). The highest BCUT2D eigenvalue weighted by molar-refractivity contribution is 5.95. The molecule has 0 radical (unpaired) electrons. The predicted octanol–water partition coefficient (Wildman–Crippen LogP) is 1.95. The maximum Gasteiger partial charge on any atom is 0.325 e. The summed E-state index contributed by atoms with van der Waals surface area (Å²) in [6.07, 6.45) is 2.16. The van der Waals surface area contributed by atoms with Gasteiger partial charge in [0, 0.05) is 5.92 Å². The van der Waals surface area contributed by atoms with Crippen LogP contribution in [0.1, 0.15) is 41.9 Å². The van der Waals surface area contributed by atoms with Crippen LogP contribution in [-0.4, -0.2) is 32.8 Å². The van der Waals surface area contributed by atoms with E-state index in [9.17, 15) is 9.59 Å². The molecular formula is C16H17N3O3. The van der Waals surface area contributed by atoms with Crippen molar-refractivity contribution in [2.75, 3.05) is 0 Å². The van der Waals surface area contributed by atoms with Crippen LogP contribution < -0.4 is 5.32 Å². The van der Waals surface area contributed by atoms with Crippen LogP contribution in [0.25, 0.3) is 5.69 Å². The Morgan fingerprint density at radius 2 is 2.00 bits per heavy atom. The van der Waals surface area contributed by atoms with Crippen molar-refractivity contribution >= 4 is 11.9 Å². The summed E-state index contributed by atoms with van der Waals surface area (Å²) in [7, 11) is 0. The van der Waals surface area contributed by atoms with Crippen molar-refractivity contribution in [1.82, 2.24) is 15.1 Å². The Balaban J connectivity index is 1.95. The average molecular weight is 299 g/mol. The smallest absolute Gasteiger partial charge is 0.325 e. The summed E-state index contributed by atoms with van der Waals surface area (Å²) in [6, 6.07) is 10.2. The van der Waals surface area contributed by atoms with Crippen LogP contribution in [0.5, 0.6) is 0 Å². The first kappa shape index (κ1) is 14.3. The van der Waals surface area contributed by atoms with Gasteiger partial charge < -0.3 is 10.4 Å². The molecule has 1 aliphatic rings. The molecule has 1 aromatic heterocycles. The van der Waals surface area contributed by atoms with Gasteiger partial charge in [0.25, 0.3) is 5.91 Å². The van der Waals surface area contributed by atoms with E-state index in [0.717, 1.165) is 24.2 Å². The number of hydrogen-bond acceptors (Lipinski definition) is 3. The van der Waals surface area contributed by atoms with Gasteiger partial charge in [-0.1, -0.05) is 18.2 Å². The summed E-state index contributed by atoms with van der Waals surface area (Å²) in [5, 5.41) is 15.9. The molecule has 0 bridgehead atoms. The summed E-state index contributed by atoms with van der Waals surface area (Å²) in [4.78, 5) is 23.3. The number of carboxylic acids is 1. The molecule has 1 heterocycles. The third kappa shape index (κ3) is 2.86. The monoisotopic (exact) mass is 299 g/mol. The second-order valence-corrected chi connectivity index (χ2v) is 5.51. The van der Waals surface area contributed by atoms with Gasteiger partial charge in [0.1, 0.15) is 11.7 Å². The van der Waals surface area contributed by atoms with Crippen molar-refractivity contribution in [3.8, 4) is 5.69 Å². The molecule has 2 aromatic rings. The molecule has 6 nitrogen and oxygen atoms in total. The fraction of sp³-hybridized carbons (Fsp3) is 0.312. The zero-order chi connectivity index (χ0) is 15.7. The number of carboxylic acid groups (broad SMARTS) is 1. The van der Waals surface area contributed by atoms with Crippen LogP contribution in [0.15, 0.2) is 36.4 Å². The number of aliphatic carboxylic acids is 1. The lowest BCUT2D eigenvalue weighted by Crippen LogP contribution is -2.39. The highest BCUT2D eigenvalue weighted by Gasteiger charge is 2.29. The normalized spacial score (nSPS) is 15.3. The van der Waals surface area contributed by atoms with Crippen LogP contribution in [0.4, 0.5) is 0 Å². The van der Waals surface area contributed by atoms with E-state index in [-0.39, 0.29) is 0 Å². The van der Waals surface area contributed by atoms with Crippen molar-refractivity contribution in [3.63, 3.8) is 0 Å². The molecule has 1 aliphatic carbocycles. The largest absolute Gasteiger partial charge is 0.480 e. The molecule has 1 atom stereocenters. The minimum absolute atomic E-state index is 0.362. The molecule has 2 N–H and O–H groups in total. The Kier molecular flexibility index (Phi) is 3.66. The lowest BCUT2D eigenvalue weighted by atomic mass is 10.2. The Hall–Kier alpha value is -2.63. The van der Waals surface area contributed by atoms with Gasteiger partial charge in [-0.3, -0.25) is 9.59 Å². The molecular weight excluding hydrogens is 282 g/mol. The molecule has 1 saturated carbocycles. The van der Waals surface area contributed by atoms with Crippen molar-refractivity contribution < 1.29 is 14.7 Å². The molecule has 114 valence electrons. The molecule has 0 aliphatic heterocycles. The van der Waals surface area contributed by atoms with E-state index in [0.29, 0.717) is 11.6 Å². The van der Waals surface area contributed by atoms with E-state index in [1.54, 1.807) is 10.7 Å². The van der Waals surface area contributed by atoms with Gasteiger partial charge in [-0.2, -0.15) is 5.10 Å². The summed E-state index contributed by atoms with van der Waals surface area (Å²) >= 11 is 0. The van der Waals surface area contributed by atoms with E-state index < -0.39 is 17.9 Å². The second-order valence-electron chi connectivity index (χ2n) is 5.51. The highest BCUT2D eigenvalue weighted by atomic mass is 16.4. The first-order valence-electron chi connectivity index (χ1n) is 7.25. The molecule has 1 amide bonds. The van der Waals surface area contributed by atoms with Gasteiger partial charge >= 0.3 is 5.97 Å². The number of hydrogen-bond donors (Lipinski definition) is 2. The summed E-state index contributed by atoms with van der Waals surface area (Å²) < 4.78 is 1.58. The van der Waals surface area contributed by atoms with Crippen molar-refractivity contribution in [3.05, 3.63) is 47.8 Å². The number of rotatable bonds is 5. The fourth-order valence-corrected chi connectivity index (χ4v) is 2.24. The predicted molar refractivity (Wildman–Crippen MR) is 80.1 cm³/mol. The maximum atomic E-state index is 12.4. The molecule has 6 heteroatoms. The number of carbonyl (C=O) groups is 2. The van der Waals surface area contributed by atoms with Crippen molar-refractivity contribution in [2.24, 2.45) is 0 Å². The molecule has 22 heavy (non-hydrogen) atoms. The number of nitrogens with one attached hydrogen (secondary N) is 1. The van der Waals surface area contributed by atoms with Gasteiger partial charge in [0.05, 0.1) is 11.4 Å². The minimum Gasteiger partial charge on any atom is -0.480 e. The quantitative estimate of drug-likeness (QED) is 0.884. The topological polar surface area (TPSA) is 84.2 Å². The van der Waals surface area contributed by atoms with Crippen LogP contribution in [0.2, 0.25) is 0 Å². The van der Waals surface area contributed by atoms with E-state index in [2.05, 4.69) is 10.4 Å². The molecule has 0 spiro atoms. The Labute approximate surface area is 127 Å². The first-order chi connectivity index (χ1) is 10.6. The lowest BCUT2D eigenvalue weighted by Gasteiger charge is -2.10. The zero-order valence-corrected chi connectivity index (χ0v) is 12.2. The van der Waals surface area contributed by atoms with E-state index >= 15 is 0 Å². The Bertz CT molecular complexity index is 705. The maximum absolute atomic E-state index is 12.4. The summed E-state index contributed by atoms with van der Waals surface area (Å²) in [5.41, 5.74) is 2.03. The average Bonchev–Trinajstić information content (AvgIpc) is 3.26. The Morgan fingerprint density at radius 1 is 1.32 bits per heavy atom. The third-order valence-electron chi connectivity index (χ3n) is 3.68. The van der Waals surface area contributed by atoms with E-state index in [4.69, 9.17) is 5.11 Å². The van der Waals surface area contributed by atoms with Crippen molar-refractivity contribution in [2.45, 2.75) is 31.7 Å². The first-order valence-corrected chi connectivity index (χ1v) is 7.25. The molecule has 3 rings (SSSR count). The van der Waals surface area contributed by atoms with Gasteiger partial charge in [-0.25, -0.2) is 4.68 Å². The van der Waals surface area contributed by atoms with Gasteiger partial charge in [-0.05, 0) is 38.0 Å². The number of benzene rings is 1. The molecule has 1 fully saturated rings. The number of amides is 1. The van der Waals surface area contributed by atoms with Crippen LogP contribution in [0.3, 0.4) is 0 Å². The SMILES string of the molecule is CC(NC(=O)c1cc(C2CC2)nn1-c1ccccc1)C(=O)O. The minimum atomic E-state index is -1.07. The van der Waals surface area contributed by atoms with Crippen LogP contribution in [-0.2, 0) is 4.79 Å². The van der Waals surface area contributed by atoms with Gasteiger partial charge in [-0.15, -0.1) is 0 Å². The summed E-state index contributed by atoms with van der Waals surface area (Å²) in [5.74, 6) is -1.09. The van der Waals surface area contributed by atoms with E-state index in [1.165, 1.54) is 6.92 Å². The molecule has 0 saturated heterocycles. The molecule has 1 unspecified atom stereocenters. The number of nitrogens with zero attached hydrogens (tertiary/aromatic N) is 2. The fourth-order valence-electron chi connectivity index (χ4n) is 2.24. The number of para-hydroxylation sites is 1. The number of carbonyl (C=O) groups excluding carboxylic acids is 1. The lowest BCUT2D eigenvalue weighted by molar-refractivity contribution is -0.138. The second kappa shape index (κ2) is 5.63.